The summed E-state index contributed by atoms with van der Waals surface area (Å²) in [7, 11) is 0. The molecule has 0 aliphatic heterocycles. The lowest BCUT2D eigenvalue weighted by molar-refractivity contribution is 0.303. The van der Waals surface area contributed by atoms with E-state index in [1.54, 1.807) is 10.8 Å². The van der Waals surface area contributed by atoms with E-state index < -0.39 is 0 Å². The molecule has 5 nitrogen and oxygen atoms in total. The first-order chi connectivity index (χ1) is 9.70. The topological polar surface area (TPSA) is 55.1 Å². The summed E-state index contributed by atoms with van der Waals surface area (Å²) >= 11 is 0. The van der Waals surface area contributed by atoms with Crippen molar-refractivity contribution in [2.45, 2.75) is 45.6 Å². The molecule has 2 saturated carbocycles. The highest BCUT2D eigenvalue weighted by molar-refractivity contribution is 5.45. The van der Waals surface area contributed by atoms with E-state index >= 15 is 0 Å². The number of anilines is 1. The van der Waals surface area contributed by atoms with Crippen LogP contribution < -0.4 is 5.32 Å². The molecule has 2 heterocycles. The van der Waals surface area contributed by atoms with Crippen LogP contribution in [0.15, 0.2) is 12.4 Å². The Labute approximate surface area is 118 Å². The Bertz CT molecular complexity index is 634. The van der Waals surface area contributed by atoms with Gasteiger partial charge < -0.3 is 5.32 Å². The first-order valence-electron chi connectivity index (χ1n) is 7.64. The summed E-state index contributed by atoms with van der Waals surface area (Å²) in [4.78, 5) is 8.57. The second-order valence-electron chi connectivity index (χ2n) is 6.53. The Hall–Kier alpha value is -1.65. The van der Waals surface area contributed by atoms with Crippen LogP contribution in [0.2, 0.25) is 0 Å². The Balaban J connectivity index is 1.59. The van der Waals surface area contributed by atoms with Crippen molar-refractivity contribution in [1.29, 1.82) is 0 Å². The normalized spacial score (nSPS) is 30.0. The van der Waals surface area contributed by atoms with Crippen LogP contribution in [0.5, 0.6) is 0 Å². The van der Waals surface area contributed by atoms with E-state index in [1.807, 2.05) is 6.92 Å². The zero-order valence-corrected chi connectivity index (χ0v) is 12.1. The number of hydrogen-bond acceptors (Lipinski definition) is 4. The standard InChI is InChI=1S/C15H21N5/c1-9-5-14(20-15(18-9)16-8-17-20)19-10(2)13-7-11-3-4-12(13)6-11/h5,8,10-13,19H,3-4,6-7H2,1-2H3/t10-,11+,12+,13-/m1/s1. The van der Waals surface area contributed by atoms with Crippen molar-refractivity contribution < 1.29 is 0 Å². The summed E-state index contributed by atoms with van der Waals surface area (Å²) in [5.41, 5.74) is 0.980. The zero-order valence-electron chi connectivity index (χ0n) is 12.1. The van der Waals surface area contributed by atoms with Gasteiger partial charge in [-0.25, -0.2) is 4.98 Å². The van der Waals surface area contributed by atoms with Crippen LogP contribution in [0, 0.1) is 24.7 Å². The second kappa shape index (κ2) is 4.43. The molecular weight excluding hydrogens is 250 g/mol. The van der Waals surface area contributed by atoms with Crippen molar-refractivity contribution >= 4 is 11.6 Å². The quantitative estimate of drug-likeness (QED) is 0.932. The fourth-order valence-electron chi connectivity index (χ4n) is 4.28. The van der Waals surface area contributed by atoms with Crippen LogP contribution in [0.1, 0.15) is 38.3 Å². The average molecular weight is 271 g/mol. The van der Waals surface area contributed by atoms with E-state index in [4.69, 9.17) is 0 Å². The van der Waals surface area contributed by atoms with Crippen molar-refractivity contribution in [3.05, 3.63) is 18.1 Å². The molecular formula is C15H21N5. The Morgan fingerprint density at radius 1 is 1.35 bits per heavy atom. The minimum Gasteiger partial charge on any atom is -0.367 e. The van der Waals surface area contributed by atoms with Gasteiger partial charge in [-0.3, -0.25) is 0 Å². The van der Waals surface area contributed by atoms with Crippen LogP contribution in [0.3, 0.4) is 0 Å². The number of hydrogen-bond donors (Lipinski definition) is 1. The first-order valence-corrected chi connectivity index (χ1v) is 7.64. The van der Waals surface area contributed by atoms with Gasteiger partial charge in [0, 0.05) is 17.8 Å². The molecule has 0 radical (unpaired) electrons. The highest BCUT2D eigenvalue weighted by Crippen LogP contribution is 2.49. The predicted molar refractivity (Wildman–Crippen MR) is 77.5 cm³/mol. The van der Waals surface area contributed by atoms with Gasteiger partial charge in [-0.2, -0.15) is 14.6 Å². The van der Waals surface area contributed by atoms with Gasteiger partial charge in [0.1, 0.15) is 12.1 Å². The minimum atomic E-state index is 0.486. The monoisotopic (exact) mass is 271 g/mol. The third-order valence-electron chi connectivity index (χ3n) is 5.19. The fourth-order valence-corrected chi connectivity index (χ4v) is 4.28. The molecule has 0 unspecified atom stereocenters. The molecule has 0 spiro atoms. The number of fused-ring (bicyclic) bond motifs is 3. The van der Waals surface area contributed by atoms with Gasteiger partial charge in [0.25, 0.3) is 5.78 Å². The third kappa shape index (κ3) is 1.87. The lowest BCUT2D eigenvalue weighted by Crippen LogP contribution is -2.30. The number of rotatable bonds is 3. The van der Waals surface area contributed by atoms with E-state index in [-0.39, 0.29) is 0 Å². The lowest BCUT2D eigenvalue weighted by atomic mass is 9.84. The van der Waals surface area contributed by atoms with Crippen LogP contribution in [-0.4, -0.2) is 25.6 Å². The molecule has 4 atom stereocenters. The minimum absolute atomic E-state index is 0.486. The van der Waals surface area contributed by atoms with Gasteiger partial charge in [-0.1, -0.05) is 6.42 Å². The summed E-state index contributed by atoms with van der Waals surface area (Å²) in [6.07, 6.45) is 7.29. The van der Waals surface area contributed by atoms with Gasteiger partial charge in [0.05, 0.1) is 0 Å². The van der Waals surface area contributed by atoms with Crippen LogP contribution in [0.25, 0.3) is 5.78 Å². The zero-order chi connectivity index (χ0) is 13.7. The van der Waals surface area contributed by atoms with Crippen molar-refractivity contribution in [3.63, 3.8) is 0 Å². The van der Waals surface area contributed by atoms with Gasteiger partial charge >= 0.3 is 0 Å². The SMILES string of the molecule is Cc1cc(N[C@H](C)[C@H]2C[C@H]3CC[C@H]2C3)n2ncnc2n1. The van der Waals surface area contributed by atoms with E-state index in [2.05, 4.69) is 33.4 Å². The van der Waals surface area contributed by atoms with E-state index in [1.165, 1.54) is 25.7 Å². The predicted octanol–water partition coefficient (Wildman–Crippen LogP) is 2.67. The number of nitrogens with zero attached hydrogens (tertiary/aromatic N) is 4. The van der Waals surface area contributed by atoms with Crippen LogP contribution in [-0.2, 0) is 0 Å². The lowest BCUT2D eigenvalue weighted by Gasteiger charge is -2.29. The molecule has 0 saturated heterocycles. The summed E-state index contributed by atoms with van der Waals surface area (Å²) < 4.78 is 1.80. The van der Waals surface area contributed by atoms with E-state index in [0.29, 0.717) is 11.8 Å². The third-order valence-corrected chi connectivity index (χ3v) is 5.19. The molecule has 5 heteroatoms. The van der Waals surface area contributed by atoms with E-state index in [9.17, 15) is 0 Å². The second-order valence-corrected chi connectivity index (χ2v) is 6.53. The average Bonchev–Trinajstić information content (AvgIpc) is 3.13. The molecule has 2 aromatic rings. The molecule has 1 N–H and O–H groups in total. The fraction of sp³-hybridized carbons (Fsp3) is 0.667. The summed E-state index contributed by atoms with van der Waals surface area (Å²) in [5.74, 6) is 4.41. The summed E-state index contributed by atoms with van der Waals surface area (Å²) in [5, 5.41) is 7.93. The Morgan fingerprint density at radius 3 is 3.00 bits per heavy atom. The summed E-state index contributed by atoms with van der Waals surface area (Å²) in [6, 6.07) is 2.55. The molecule has 20 heavy (non-hydrogen) atoms. The molecule has 106 valence electrons. The van der Waals surface area contributed by atoms with Gasteiger partial charge in [-0.05, 0) is 50.9 Å². The maximum atomic E-state index is 4.39. The van der Waals surface area contributed by atoms with Crippen molar-refractivity contribution in [1.82, 2.24) is 19.6 Å². The molecule has 2 aromatic heterocycles. The van der Waals surface area contributed by atoms with Crippen molar-refractivity contribution in [2.24, 2.45) is 17.8 Å². The summed E-state index contributed by atoms with van der Waals surface area (Å²) in [6.45, 7) is 4.31. The number of aromatic nitrogens is 4. The van der Waals surface area contributed by atoms with Gasteiger partial charge in [0.15, 0.2) is 0 Å². The number of nitrogens with one attached hydrogen (secondary N) is 1. The van der Waals surface area contributed by atoms with Crippen molar-refractivity contribution in [2.75, 3.05) is 5.32 Å². The van der Waals surface area contributed by atoms with Gasteiger partial charge in [0.2, 0.25) is 0 Å². The highest BCUT2D eigenvalue weighted by atomic mass is 15.4. The van der Waals surface area contributed by atoms with Crippen LogP contribution >= 0.6 is 0 Å². The molecule has 2 bridgehead atoms. The molecule has 0 aromatic carbocycles. The Morgan fingerprint density at radius 2 is 2.25 bits per heavy atom. The Kier molecular flexibility index (Phi) is 2.69. The van der Waals surface area contributed by atoms with Gasteiger partial charge in [-0.15, -0.1) is 0 Å². The molecule has 0 amide bonds. The first kappa shape index (κ1) is 12.1. The maximum Gasteiger partial charge on any atom is 0.254 e. The molecule has 2 fully saturated rings. The van der Waals surface area contributed by atoms with E-state index in [0.717, 1.165) is 29.3 Å². The molecule has 2 aliphatic carbocycles. The number of aryl methyl sites for hydroxylation is 1. The molecule has 2 aliphatic rings. The maximum absolute atomic E-state index is 4.39. The smallest absolute Gasteiger partial charge is 0.254 e. The molecule has 4 rings (SSSR count). The highest BCUT2D eigenvalue weighted by Gasteiger charge is 2.41. The van der Waals surface area contributed by atoms with Crippen LogP contribution in [0.4, 0.5) is 5.82 Å². The van der Waals surface area contributed by atoms with Crippen molar-refractivity contribution in [3.8, 4) is 0 Å². The largest absolute Gasteiger partial charge is 0.367 e.